The first-order chi connectivity index (χ1) is 14.3. The molecule has 3 N–H and O–H groups in total. The van der Waals surface area contributed by atoms with E-state index in [1.54, 1.807) is 0 Å². The molecule has 0 unspecified atom stereocenters. The van der Waals surface area contributed by atoms with Crippen molar-refractivity contribution in [2.75, 3.05) is 22.6 Å². The number of nitrogens with one attached hydrogen (secondary N) is 1. The van der Waals surface area contributed by atoms with Gasteiger partial charge in [0.2, 0.25) is 0 Å². The highest BCUT2D eigenvalue weighted by Gasteiger charge is 2.22. The zero-order valence-electron chi connectivity index (χ0n) is 15.9. The van der Waals surface area contributed by atoms with E-state index in [0.29, 0.717) is 0 Å². The Morgan fingerprint density at radius 3 is 2.69 bits per heavy atom. The summed E-state index contributed by atoms with van der Waals surface area (Å²) in [5.74, 6) is 3.15. The van der Waals surface area contributed by atoms with Crippen molar-refractivity contribution in [3.05, 3.63) is 59.4 Å². The summed E-state index contributed by atoms with van der Waals surface area (Å²) in [7, 11) is 0. The number of pyridine rings is 2. The second-order valence-electron chi connectivity index (χ2n) is 7.46. The van der Waals surface area contributed by atoms with Gasteiger partial charge in [-0.25, -0.2) is 0 Å². The Kier molecular flexibility index (Phi) is 4.09. The van der Waals surface area contributed by atoms with Crippen molar-refractivity contribution in [1.82, 2.24) is 9.97 Å². The normalized spacial score (nSPS) is 15.4. The van der Waals surface area contributed by atoms with Gasteiger partial charge in [0, 0.05) is 45.6 Å². The molecule has 2 aromatic heterocycles. The lowest BCUT2D eigenvalue weighted by Gasteiger charge is -2.21. The van der Waals surface area contributed by atoms with Crippen molar-refractivity contribution in [3.8, 4) is 0 Å². The summed E-state index contributed by atoms with van der Waals surface area (Å²) >= 11 is 3.82. The standard InChI is InChI=1S/C23H20N4S2/c24-21-14-12-28-10-8-16(14)25-17-6-3-7-18(20(17)21)27-22-13-4-1-2-5-15(13)26-19-9-11-29-23(19)22/h1-7H,8-12H2,(H2,24,25)(H,26,27). The number of anilines is 3. The van der Waals surface area contributed by atoms with Crippen LogP contribution in [0, 0.1) is 0 Å². The van der Waals surface area contributed by atoms with Crippen molar-refractivity contribution in [2.45, 2.75) is 23.5 Å². The van der Waals surface area contributed by atoms with E-state index in [2.05, 4.69) is 47.8 Å². The van der Waals surface area contributed by atoms with Crippen LogP contribution in [-0.2, 0) is 18.6 Å². The molecule has 4 heterocycles. The molecule has 0 saturated carbocycles. The topological polar surface area (TPSA) is 63.8 Å². The number of thioether (sulfide) groups is 2. The molecular formula is C23H20N4S2. The number of aromatic nitrogens is 2. The zero-order valence-corrected chi connectivity index (χ0v) is 17.5. The summed E-state index contributed by atoms with van der Waals surface area (Å²) in [5.41, 5.74) is 15.3. The Morgan fingerprint density at radius 2 is 1.72 bits per heavy atom. The van der Waals surface area contributed by atoms with Gasteiger partial charge >= 0.3 is 0 Å². The van der Waals surface area contributed by atoms with Crippen LogP contribution in [0.4, 0.5) is 17.1 Å². The lowest BCUT2D eigenvalue weighted by atomic mass is 10.0. The van der Waals surface area contributed by atoms with E-state index < -0.39 is 0 Å². The summed E-state index contributed by atoms with van der Waals surface area (Å²) in [4.78, 5) is 11.1. The van der Waals surface area contributed by atoms with Gasteiger partial charge in [-0.3, -0.25) is 9.97 Å². The van der Waals surface area contributed by atoms with Gasteiger partial charge in [0.15, 0.2) is 0 Å². The summed E-state index contributed by atoms with van der Waals surface area (Å²) in [6, 6.07) is 14.6. The lowest BCUT2D eigenvalue weighted by Crippen LogP contribution is -2.10. The molecule has 144 valence electrons. The minimum Gasteiger partial charge on any atom is -0.398 e. The molecule has 0 bridgehead atoms. The van der Waals surface area contributed by atoms with E-state index in [1.165, 1.54) is 16.2 Å². The van der Waals surface area contributed by atoms with E-state index in [1.807, 2.05) is 23.5 Å². The van der Waals surface area contributed by atoms with Crippen LogP contribution in [0.5, 0.6) is 0 Å². The highest BCUT2D eigenvalue weighted by atomic mass is 32.2. The van der Waals surface area contributed by atoms with E-state index in [9.17, 15) is 0 Å². The van der Waals surface area contributed by atoms with Crippen LogP contribution in [0.3, 0.4) is 0 Å². The second-order valence-corrected chi connectivity index (χ2v) is 9.67. The molecule has 6 rings (SSSR count). The number of hydrogen-bond donors (Lipinski definition) is 2. The number of nitrogens with two attached hydrogens (primary N) is 1. The SMILES string of the molecule is Nc1c2c(nc3cccc(Nc4c5c(nc6ccccc46)CCS5)c13)CCSC2. The number of aryl methyl sites for hydroxylation is 2. The molecule has 2 aromatic carbocycles. The number of nitrogens with zero attached hydrogens (tertiary/aromatic N) is 2. The Bertz CT molecular complexity index is 1290. The number of benzene rings is 2. The van der Waals surface area contributed by atoms with E-state index in [4.69, 9.17) is 15.7 Å². The maximum atomic E-state index is 6.71. The Morgan fingerprint density at radius 1 is 0.897 bits per heavy atom. The molecule has 2 aliphatic rings. The molecule has 0 fully saturated rings. The van der Waals surface area contributed by atoms with E-state index >= 15 is 0 Å². The Balaban J connectivity index is 1.58. The fourth-order valence-corrected chi connectivity index (χ4v) is 6.46. The molecule has 6 heteroatoms. The first kappa shape index (κ1) is 17.4. The molecule has 0 radical (unpaired) electrons. The molecular weight excluding hydrogens is 396 g/mol. The quantitative estimate of drug-likeness (QED) is 0.447. The third kappa shape index (κ3) is 2.77. The highest BCUT2D eigenvalue weighted by molar-refractivity contribution is 7.99. The Labute approximate surface area is 177 Å². The average Bonchev–Trinajstić information content (AvgIpc) is 3.22. The van der Waals surface area contributed by atoms with Gasteiger partial charge in [-0.1, -0.05) is 24.3 Å². The van der Waals surface area contributed by atoms with Crippen LogP contribution in [-0.4, -0.2) is 21.5 Å². The van der Waals surface area contributed by atoms with Crippen LogP contribution in [0.15, 0.2) is 47.4 Å². The molecule has 4 nitrogen and oxygen atoms in total. The molecule has 0 atom stereocenters. The monoisotopic (exact) mass is 416 g/mol. The van der Waals surface area contributed by atoms with Crippen molar-refractivity contribution in [3.63, 3.8) is 0 Å². The van der Waals surface area contributed by atoms with Crippen LogP contribution in [0.2, 0.25) is 0 Å². The summed E-state index contributed by atoms with van der Waals surface area (Å²) < 4.78 is 0. The van der Waals surface area contributed by atoms with Gasteiger partial charge in [0.05, 0.1) is 33.0 Å². The fourth-order valence-electron chi connectivity index (χ4n) is 4.33. The molecule has 2 aliphatic heterocycles. The van der Waals surface area contributed by atoms with Gasteiger partial charge in [-0.05, 0) is 30.4 Å². The summed E-state index contributed by atoms with van der Waals surface area (Å²) in [6.45, 7) is 0. The number of nitrogen functional groups attached to an aromatic ring is 1. The average molecular weight is 417 g/mol. The molecule has 4 aromatic rings. The maximum absolute atomic E-state index is 6.71. The van der Waals surface area contributed by atoms with Crippen molar-refractivity contribution < 1.29 is 0 Å². The maximum Gasteiger partial charge on any atom is 0.0747 e. The number of rotatable bonds is 2. The molecule has 29 heavy (non-hydrogen) atoms. The van der Waals surface area contributed by atoms with Crippen LogP contribution >= 0.6 is 23.5 Å². The Hall–Kier alpha value is -2.44. The number of para-hydroxylation sites is 1. The third-order valence-corrected chi connectivity index (χ3v) is 7.86. The fraction of sp³-hybridized carbons (Fsp3) is 0.217. The van der Waals surface area contributed by atoms with Gasteiger partial charge in [0.1, 0.15) is 0 Å². The molecule has 0 aliphatic carbocycles. The van der Waals surface area contributed by atoms with Gasteiger partial charge < -0.3 is 11.1 Å². The molecule has 0 amide bonds. The zero-order chi connectivity index (χ0) is 19.4. The minimum absolute atomic E-state index is 0.878. The van der Waals surface area contributed by atoms with Crippen molar-refractivity contribution >= 4 is 62.4 Å². The number of hydrogen-bond acceptors (Lipinski definition) is 6. The smallest absolute Gasteiger partial charge is 0.0747 e. The van der Waals surface area contributed by atoms with Crippen LogP contribution < -0.4 is 11.1 Å². The van der Waals surface area contributed by atoms with E-state index in [0.717, 1.165) is 74.7 Å². The summed E-state index contributed by atoms with van der Waals surface area (Å²) in [5, 5.41) is 5.93. The van der Waals surface area contributed by atoms with Gasteiger partial charge in [-0.2, -0.15) is 11.8 Å². The van der Waals surface area contributed by atoms with Crippen LogP contribution in [0.1, 0.15) is 17.0 Å². The van der Waals surface area contributed by atoms with Crippen molar-refractivity contribution in [2.24, 2.45) is 0 Å². The van der Waals surface area contributed by atoms with Gasteiger partial charge in [0.25, 0.3) is 0 Å². The predicted molar refractivity (Wildman–Crippen MR) is 125 cm³/mol. The van der Waals surface area contributed by atoms with Gasteiger partial charge in [-0.15, -0.1) is 11.8 Å². The molecule has 0 saturated heterocycles. The third-order valence-electron chi connectivity index (χ3n) is 5.73. The number of fused-ring (bicyclic) bond motifs is 4. The summed E-state index contributed by atoms with van der Waals surface area (Å²) in [6.07, 6.45) is 2.01. The predicted octanol–water partition coefficient (Wildman–Crippen LogP) is 5.55. The lowest BCUT2D eigenvalue weighted by molar-refractivity contribution is 1.01. The highest BCUT2D eigenvalue weighted by Crippen LogP contribution is 2.44. The largest absolute Gasteiger partial charge is 0.398 e. The van der Waals surface area contributed by atoms with Crippen molar-refractivity contribution in [1.29, 1.82) is 0 Å². The first-order valence-corrected chi connectivity index (χ1v) is 12.0. The first-order valence-electron chi connectivity index (χ1n) is 9.89. The van der Waals surface area contributed by atoms with E-state index in [-0.39, 0.29) is 0 Å². The minimum atomic E-state index is 0.878. The second kappa shape index (κ2) is 6.82. The van der Waals surface area contributed by atoms with Crippen LogP contribution in [0.25, 0.3) is 21.8 Å². The molecule has 0 spiro atoms.